The lowest BCUT2D eigenvalue weighted by Gasteiger charge is -2.42. The van der Waals surface area contributed by atoms with Crippen molar-refractivity contribution in [3.63, 3.8) is 0 Å². The van der Waals surface area contributed by atoms with Crippen molar-refractivity contribution in [2.45, 2.75) is 45.2 Å². The van der Waals surface area contributed by atoms with Crippen molar-refractivity contribution < 1.29 is 26.3 Å². The number of alkyl halides is 3. The predicted octanol–water partition coefficient (Wildman–Crippen LogP) is 4.26. The molecule has 3 aliphatic rings. The Morgan fingerprint density at radius 2 is 1.91 bits per heavy atom. The summed E-state index contributed by atoms with van der Waals surface area (Å²) in [5.41, 5.74) is -1.08. The van der Waals surface area contributed by atoms with E-state index in [0.29, 0.717) is 70.3 Å². The number of rotatable bonds is 8. The summed E-state index contributed by atoms with van der Waals surface area (Å²) in [5, 5.41) is 9.12. The van der Waals surface area contributed by atoms with Gasteiger partial charge in [-0.2, -0.15) is 18.4 Å². The highest BCUT2D eigenvalue weighted by molar-refractivity contribution is 7.89. The van der Waals surface area contributed by atoms with Crippen LogP contribution in [0.5, 0.6) is 0 Å². The van der Waals surface area contributed by atoms with Crippen LogP contribution in [0.4, 0.5) is 18.9 Å². The summed E-state index contributed by atoms with van der Waals surface area (Å²) in [6.07, 6.45) is -0.367. The fraction of sp³-hybridized carbons (Fsp3) is 0.708. The van der Waals surface area contributed by atoms with E-state index in [0.717, 1.165) is 6.07 Å². The third-order valence-corrected chi connectivity index (χ3v) is 9.63. The van der Waals surface area contributed by atoms with Gasteiger partial charge in [0, 0.05) is 44.4 Å². The molecule has 6 nitrogen and oxygen atoms in total. The highest BCUT2D eigenvalue weighted by atomic mass is 32.2. The minimum atomic E-state index is -4.61. The second kappa shape index (κ2) is 9.67. The van der Waals surface area contributed by atoms with Crippen LogP contribution in [-0.4, -0.2) is 57.9 Å². The summed E-state index contributed by atoms with van der Waals surface area (Å²) in [6.45, 7) is 5.03. The highest BCUT2D eigenvalue weighted by Gasteiger charge is 2.49. The van der Waals surface area contributed by atoms with E-state index in [1.165, 1.54) is 18.9 Å². The zero-order valence-electron chi connectivity index (χ0n) is 19.5. The number of piperidine rings is 1. The van der Waals surface area contributed by atoms with Crippen molar-refractivity contribution in [2.24, 2.45) is 17.3 Å². The highest BCUT2D eigenvalue weighted by Crippen LogP contribution is 2.47. The summed E-state index contributed by atoms with van der Waals surface area (Å²) >= 11 is 0. The van der Waals surface area contributed by atoms with Gasteiger partial charge in [-0.25, -0.2) is 12.7 Å². The fourth-order valence-corrected chi connectivity index (χ4v) is 6.86. The SMILES string of the molecule is CCCS(=O)(=O)N1CCC2(CC1)CN(c1ccc(C#N)c(C(F)(F)F)c1)CC2COCC1CC1. The Bertz CT molecular complexity index is 1030. The van der Waals surface area contributed by atoms with Crippen molar-refractivity contribution >= 4 is 15.7 Å². The largest absolute Gasteiger partial charge is 0.417 e. The molecule has 1 saturated carbocycles. The van der Waals surface area contributed by atoms with E-state index in [2.05, 4.69) is 0 Å². The Morgan fingerprint density at radius 3 is 2.50 bits per heavy atom. The van der Waals surface area contributed by atoms with E-state index in [1.54, 1.807) is 16.4 Å². The van der Waals surface area contributed by atoms with Gasteiger partial charge >= 0.3 is 6.18 Å². The molecule has 1 aromatic rings. The number of hydrogen-bond donors (Lipinski definition) is 0. The zero-order valence-corrected chi connectivity index (χ0v) is 20.3. The van der Waals surface area contributed by atoms with Crippen LogP contribution in [0, 0.1) is 28.6 Å². The molecule has 2 aliphatic heterocycles. The fourth-order valence-electron chi connectivity index (χ4n) is 5.35. The van der Waals surface area contributed by atoms with Crippen LogP contribution in [0.3, 0.4) is 0 Å². The molecule has 10 heteroatoms. The number of ether oxygens (including phenoxy) is 1. The Hall–Kier alpha value is -1.83. The molecule has 34 heavy (non-hydrogen) atoms. The molecule has 4 rings (SSSR count). The van der Waals surface area contributed by atoms with E-state index in [-0.39, 0.29) is 22.6 Å². The van der Waals surface area contributed by atoms with Gasteiger partial charge in [0.1, 0.15) is 0 Å². The van der Waals surface area contributed by atoms with Crippen LogP contribution in [0.25, 0.3) is 0 Å². The second-order valence-corrected chi connectivity index (χ2v) is 12.1. The first-order valence-corrected chi connectivity index (χ1v) is 13.6. The molecule has 0 amide bonds. The maximum atomic E-state index is 13.5. The van der Waals surface area contributed by atoms with Crippen molar-refractivity contribution in [2.75, 3.05) is 50.0 Å². The lowest BCUT2D eigenvalue weighted by Crippen LogP contribution is -2.47. The molecule has 0 radical (unpaired) electrons. The van der Waals surface area contributed by atoms with Crippen molar-refractivity contribution in [1.82, 2.24) is 4.31 Å². The molecule has 1 spiro atoms. The number of anilines is 1. The summed E-state index contributed by atoms with van der Waals surface area (Å²) in [5.74, 6) is 0.848. The van der Waals surface area contributed by atoms with Crippen LogP contribution in [0.15, 0.2) is 18.2 Å². The Balaban J connectivity index is 1.55. The predicted molar refractivity (Wildman–Crippen MR) is 123 cm³/mol. The number of halogens is 3. The topological polar surface area (TPSA) is 73.6 Å². The number of hydrogen-bond acceptors (Lipinski definition) is 5. The van der Waals surface area contributed by atoms with Crippen molar-refractivity contribution in [1.29, 1.82) is 5.26 Å². The summed E-state index contributed by atoms with van der Waals surface area (Å²) in [7, 11) is -3.28. The first kappa shape index (κ1) is 25.3. The Kier molecular flexibility index (Phi) is 7.19. The summed E-state index contributed by atoms with van der Waals surface area (Å²) in [6, 6.07) is 5.53. The second-order valence-electron chi connectivity index (χ2n) is 9.98. The van der Waals surface area contributed by atoms with Gasteiger partial charge in [-0.3, -0.25) is 0 Å². The maximum absolute atomic E-state index is 13.5. The molecule has 2 saturated heterocycles. The number of nitrogens with zero attached hydrogens (tertiary/aromatic N) is 3. The normalized spacial score (nSPS) is 23.4. The lowest BCUT2D eigenvalue weighted by atomic mass is 9.71. The third-order valence-electron chi connectivity index (χ3n) is 7.55. The molecule has 1 aromatic carbocycles. The van der Waals surface area contributed by atoms with E-state index in [4.69, 9.17) is 10.00 Å². The molecular formula is C24H32F3N3O3S. The molecule has 0 aromatic heterocycles. The smallest absolute Gasteiger partial charge is 0.381 e. The van der Waals surface area contributed by atoms with Gasteiger partial charge in [-0.05, 0) is 61.6 Å². The van der Waals surface area contributed by atoms with Gasteiger partial charge in [0.05, 0.1) is 29.6 Å². The van der Waals surface area contributed by atoms with Crippen molar-refractivity contribution in [3.05, 3.63) is 29.3 Å². The first-order chi connectivity index (χ1) is 16.1. The summed E-state index contributed by atoms with van der Waals surface area (Å²) < 4.78 is 73.3. The molecule has 3 fully saturated rings. The number of benzene rings is 1. The van der Waals surface area contributed by atoms with E-state index in [9.17, 15) is 21.6 Å². The van der Waals surface area contributed by atoms with Crippen LogP contribution in [-0.2, 0) is 20.9 Å². The maximum Gasteiger partial charge on any atom is 0.417 e. The molecule has 1 unspecified atom stereocenters. The minimum absolute atomic E-state index is 0.104. The van der Waals surface area contributed by atoms with E-state index >= 15 is 0 Å². The van der Waals surface area contributed by atoms with Crippen molar-refractivity contribution in [3.8, 4) is 6.07 Å². The summed E-state index contributed by atoms with van der Waals surface area (Å²) in [4.78, 5) is 1.96. The monoisotopic (exact) mass is 499 g/mol. The lowest BCUT2D eigenvalue weighted by molar-refractivity contribution is -0.137. The van der Waals surface area contributed by atoms with Crippen LogP contribution in [0.2, 0.25) is 0 Å². The zero-order chi connectivity index (χ0) is 24.6. The van der Waals surface area contributed by atoms with Crippen LogP contribution >= 0.6 is 0 Å². The molecule has 0 N–H and O–H groups in total. The van der Waals surface area contributed by atoms with Gasteiger partial charge in [0.2, 0.25) is 10.0 Å². The van der Waals surface area contributed by atoms with E-state index in [1.807, 2.05) is 11.8 Å². The number of nitriles is 1. The third kappa shape index (κ3) is 5.37. The molecule has 2 heterocycles. The van der Waals surface area contributed by atoms with Crippen LogP contribution < -0.4 is 4.90 Å². The number of sulfonamides is 1. The minimum Gasteiger partial charge on any atom is -0.381 e. The molecular weight excluding hydrogens is 467 g/mol. The Labute approximate surface area is 199 Å². The first-order valence-electron chi connectivity index (χ1n) is 12.0. The molecule has 1 atom stereocenters. The molecule has 0 bridgehead atoms. The standard InChI is InChI=1S/C24H32F3N3O3S/c1-2-11-34(31,32)30-9-7-23(8-10-30)17-29(14-20(23)16-33-15-18-3-4-18)21-6-5-19(13-28)22(12-21)24(25,26)27/h5-6,12,18,20H,2-4,7-11,14-17H2,1H3. The quantitative estimate of drug-likeness (QED) is 0.534. The van der Waals surface area contributed by atoms with Gasteiger partial charge in [0.15, 0.2) is 0 Å². The van der Waals surface area contributed by atoms with Gasteiger partial charge in [-0.1, -0.05) is 6.92 Å². The average Bonchev–Trinajstić information content (AvgIpc) is 3.55. The van der Waals surface area contributed by atoms with Crippen LogP contribution in [0.1, 0.15) is 50.2 Å². The van der Waals surface area contributed by atoms with Gasteiger partial charge in [0.25, 0.3) is 0 Å². The Morgan fingerprint density at radius 1 is 1.21 bits per heavy atom. The molecule has 188 valence electrons. The van der Waals surface area contributed by atoms with Gasteiger partial charge in [-0.15, -0.1) is 0 Å². The average molecular weight is 500 g/mol. The molecule has 1 aliphatic carbocycles. The van der Waals surface area contributed by atoms with E-state index < -0.39 is 21.8 Å². The van der Waals surface area contributed by atoms with Gasteiger partial charge < -0.3 is 9.64 Å².